The lowest BCUT2D eigenvalue weighted by molar-refractivity contribution is 0.592. The Morgan fingerprint density at radius 1 is 1.47 bits per heavy atom. The van der Waals surface area contributed by atoms with E-state index in [4.69, 9.17) is 5.73 Å². The summed E-state index contributed by atoms with van der Waals surface area (Å²) in [5.74, 6) is 0.969. The van der Waals surface area contributed by atoms with Crippen molar-refractivity contribution in [3.63, 3.8) is 0 Å². The highest BCUT2D eigenvalue weighted by atomic mass is 15.3. The molecule has 0 aliphatic carbocycles. The van der Waals surface area contributed by atoms with E-state index in [0.29, 0.717) is 6.54 Å². The maximum absolute atomic E-state index is 5.55. The van der Waals surface area contributed by atoms with Gasteiger partial charge in [0.15, 0.2) is 0 Å². The SMILES string of the molecule is CCn1ncnc1Cn1ccc(CN)c1. The van der Waals surface area contributed by atoms with Gasteiger partial charge in [-0.2, -0.15) is 5.10 Å². The first-order chi connectivity index (χ1) is 7.33. The molecule has 5 heteroatoms. The van der Waals surface area contributed by atoms with E-state index in [-0.39, 0.29) is 0 Å². The van der Waals surface area contributed by atoms with Gasteiger partial charge in [0.1, 0.15) is 12.2 Å². The van der Waals surface area contributed by atoms with Crippen LogP contribution in [0, 0.1) is 0 Å². The number of hydrogen-bond donors (Lipinski definition) is 1. The second kappa shape index (κ2) is 4.27. The first-order valence-electron chi connectivity index (χ1n) is 5.05. The number of hydrogen-bond acceptors (Lipinski definition) is 3. The van der Waals surface area contributed by atoms with Crippen molar-refractivity contribution >= 4 is 0 Å². The van der Waals surface area contributed by atoms with Gasteiger partial charge >= 0.3 is 0 Å². The third-order valence-electron chi connectivity index (χ3n) is 2.37. The second-order valence-electron chi connectivity index (χ2n) is 3.39. The minimum atomic E-state index is 0.577. The molecule has 2 rings (SSSR count). The Morgan fingerprint density at radius 2 is 2.33 bits per heavy atom. The predicted molar refractivity (Wildman–Crippen MR) is 57.1 cm³/mol. The summed E-state index contributed by atoms with van der Waals surface area (Å²) in [4.78, 5) is 4.22. The summed E-state index contributed by atoms with van der Waals surface area (Å²) < 4.78 is 3.96. The molecule has 0 amide bonds. The van der Waals surface area contributed by atoms with Crippen molar-refractivity contribution in [2.45, 2.75) is 26.6 Å². The van der Waals surface area contributed by atoms with Gasteiger partial charge in [-0.1, -0.05) is 0 Å². The van der Waals surface area contributed by atoms with E-state index in [1.54, 1.807) is 6.33 Å². The van der Waals surface area contributed by atoms with Crippen molar-refractivity contribution in [1.82, 2.24) is 19.3 Å². The quantitative estimate of drug-likeness (QED) is 0.795. The van der Waals surface area contributed by atoms with E-state index in [0.717, 1.165) is 24.5 Å². The molecule has 0 unspecified atom stereocenters. The molecular weight excluding hydrogens is 190 g/mol. The monoisotopic (exact) mass is 205 g/mol. The van der Waals surface area contributed by atoms with Crippen LogP contribution in [-0.4, -0.2) is 19.3 Å². The van der Waals surface area contributed by atoms with E-state index in [9.17, 15) is 0 Å². The van der Waals surface area contributed by atoms with Crippen LogP contribution in [-0.2, 0) is 19.6 Å². The summed E-state index contributed by atoms with van der Waals surface area (Å²) >= 11 is 0. The number of nitrogens with zero attached hydrogens (tertiary/aromatic N) is 4. The summed E-state index contributed by atoms with van der Waals surface area (Å²) in [6.07, 6.45) is 5.64. The Hall–Kier alpha value is -1.62. The molecule has 0 aliphatic heterocycles. The summed E-state index contributed by atoms with van der Waals surface area (Å²) in [5.41, 5.74) is 6.68. The second-order valence-corrected chi connectivity index (χ2v) is 3.39. The lowest BCUT2D eigenvalue weighted by Gasteiger charge is -2.03. The van der Waals surface area contributed by atoms with Crippen LogP contribution in [0.4, 0.5) is 0 Å². The predicted octanol–water partition coefficient (Wildman–Crippen LogP) is 0.606. The van der Waals surface area contributed by atoms with Crippen molar-refractivity contribution < 1.29 is 0 Å². The molecule has 2 aromatic rings. The fraction of sp³-hybridized carbons (Fsp3) is 0.400. The molecule has 2 heterocycles. The molecule has 0 radical (unpaired) electrons. The van der Waals surface area contributed by atoms with Crippen molar-refractivity contribution in [1.29, 1.82) is 0 Å². The van der Waals surface area contributed by atoms with Crippen LogP contribution in [0.3, 0.4) is 0 Å². The molecule has 2 N–H and O–H groups in total. The average molecular weight is 205 g/mol. The maximum atomic E-state index is 5.55. The van der Waals surface area contributed by atoms with E-state index in [2.05, 4.69) is 21.6 Å². The summed E-state index contributed by atoms with van der Waals surface area (Å²) in [6.45, 7) is 4.22. The highest BCUT2D eigenvalue weighted by Crippen LogP contribution is 2.03. The number of aryl methyl sites for hydroxylation is 1. The third kappa shape index (κ3) is 2.07. The first-order valence-corrected chi connectivity index (χ1v) is 5.05. The molecule has 5 nitrogen and oxygen atoms in total. The standard InChI is InChI=1S/C10H15N5/c1-2-15-10(12-8-13-15)7-14-4-3-9(5-11)6-14/h3-4,6,8H,2,5,7,11H2,1H3. The molecule has 0 atom stereocenters. The van der Waals surface area contributed by atoms with Crippen molar-refractivity contribution in [3.05, 3.63) is 36.2 Å². The fourth-order valence-electron chi connectivity index (χ4n) is 1.55. The van der Waals surface area contributed by atoms with Crippen LogP contribution in [0.2, 0.25) is 0 Å². The molecule has 80 valence electrons. The largest absolute Gasteiger partial charge is 0.346 e. The molecule has 15 heavy (non-hydrogen) atoms. The molecule has 0 fully saturated rings. The van der Waals surface area contributed by atoms with Gasteiger partial charge in [0, 0.05) is 25.5 Å². The van der Waals surface area contributed by atoms with Gasteiger partial charge in [0.2, 0.25) is 0 Å². The summed E-state index contributed by atoms with van der Waals surface area (Å²) in [7, 11) is 0. The van der Waals surface area contributed by atoms with Crippen molar-refractivity contribution in [2.24, 2.45) is 5.73 Å². The van der Waals surface area contributed by atoms with Crippen LogP contribution in [0.15, 0.2) is 24.8 Å². The molecule has 0 spiro atoms. The summed E-state index contributed by atoms with van der Waals surface area (Å²) in [5, 5.41) is 4.13. The van der Waals surface area contributed by atoms with Gasteiger partial charge in [0.25, 0.3) is 0 Å². The van der Waals surface area contributed by atoms with Gasteiger partial charge < -0.3 is 10.3 Å². The lowest BCUT2D eigenvalue weighted by Crippen LogP contribution is -2.07. The molecule has 0 saturated heterocycles. The van der Waals surface area contributed by atoms with Crippen molar-refractivity contribution in [2.75, 3.05) is 0 Å². The van der Waals surface area contributed by atoms with Gasteiger partial charge in [-0.3, -0.25) is 0 Å². The Morgan fingerprint density at radius 3 is 3.00 bits per heavy atom. The fourth-order valence-corrected chi connectivity index (χ4v) is 1.55. The number of aromatic nitrogens is 4. The van der Waals surface area contributed by atoms with Gasteiger partial charge in [-0.15, -0.1) is 0 Å². The van der Waals surface area contributed by atoms with Gasteiger partial charge in [0.05, 0.1) is 6.54 Å². The molecule has 2 aromatic heterocycles. The zero-order valence-corrected chi connectivity index (χ0v) is 8.80. The Kier molecular flexibility index (Phi) is 2.82. The van der Waals surface area contributed by atoms with Crippen LogP contribution >= 0.6 is 0 Å². The van der Waals surface area contributed by atoms with Crippen LogP contribution < -0.4 is 5.73 Å². The Bertz CT molecular complexity index is 428. The maximum Gasteiger partial charge on any atom is 0.146 e. The topological polar surface area (TPSA) is 61.7 Å². The molecule has 0 saturated carbocycles. The molecular formula is C10H15N5. The van der Waals surface area contributed by atoms with E-state index in [1.807, 2.05) is 23.1 Å². The highest BCUT2D eigenvalue weighted by Gasteiger charge is 2.03. The van der Waals surface area contributed by atoms with Crippen LogP contribution in [0.1, 0.15) is 18.3 Å². The van der Waals surface area contributed by atoms with E-state index in [1.165, 1.54) is 0 Å². The van der Waals surface area contributed by atoms with Crippen LogP contribution in [0.5, 0.6) is 0 Å². The Labute approximate surface area is 88.5 Å². The summed E-state index contributed by atoms with van der Waals surface area (Å²) in [6, 6.07) is 2.02. The van der Waals surface area contributed by atoms with Gasteiger partial charge in [-0.05, 0) is 18.6 Å². The molecule has 0 bridgehead atoms. The Balaban J connectivity index is 2.14. The first kappa shape index (κ1) is 9.92. The average Bonchev–Trinajstić information content (AvgIpc) is 2.87. The minimum Gasteiger partial charge on any atom is -0.346 e. The van der Waals surface area contributed by atoms with Crippen molar-refractivity contribution in [3.8, 4) is 0 Å². The van der Waals surface area contributed by atoms with E-state index >= 15 is 0 Å². The number of rotatable bonds is 4. The molecule has 0 aliphatic rings. The zero-order chi connectivity index (χ0) is 10.7. The zero-order valence-electron chi connectivity index (χ0n) is 8.80. The van der Waals surface area contributed by atoms with E-state index < -0.39 is 0 Å². The smallest absolute Gasteiger partial charge is 0.146 e. The lowest BCUT2D eigenvalue weighted by atomic mass is 10.3. The van der Waals surface area contributed by atoms with Crippen LogP contribution in [0.25, 0.3) is 0 Å². The number of nitrogens with two attached hydrogens (primary N) is 1. The highest BCUT2D eigenvalue weighted by molar-refractivity contribution is 5.10. The third-order valence-corrected chi connectivity index (χ3v) is 2.37. The minimum absolute atomic E-state index is 0.577. The molecule has 0 aromatic carbocycles. The van der Waals surface area contributed by atoms with Gasteiger partial charge in [-0.25, -0.2) is 9.67 Å². The normalized spacial score (nSPS) is 10.8.